The molecule has 0 saturated heterocycles. The van der Waals surface area contributed by atoms with Gasteiger partial charge >= 0.3 is 0 Å². The van der Waals surface area contributed by atoms with E-state index in [1.54, 1.807) is 0 Å². The zero-order valence-corrected chi connectivity index (χ0v) is 27.9. The lowest BCUT2D eigenvalue weighted by molar-refractivity contribution is 0.630. The van der Waals surface area contributed by atoms with E-state index in [0.717, 1.165) is 33.5 Å². The molecule has 6 aromatic carbocycles. The molecule has 0 radical (unpaired) electrons. The van der Waals surface area contributed by atoms with Gasteiger partial charge in [-0.15, -0.1) is 22.7 Å². The molecule has 0 fully saturated rings. The van der Waals surface area contributed by atoms with Gasteiger partial charge in [0.25, 0.3) is 0 Å². The van der Waals surface area contributed by atoms with Gasteiger partial charge in [0.05, 0.1) is 32.6 Å². The van der Waals surface area contributed by atoms with E-state index >= 15 is 0 Å². The van der Waals surface area contributed by atoms with E-state index in [1.807, 2.05) is 22.7 Å². The topological polar surface area (TPSA) is 30.7 Å². The van der Waals surface area contributed by atoms with Crippen LogP contribution in [0.4, 0.5) is 0 Å². The summed E-state index contributed by atoms with van der Waals surface area (Å²) in [6, 6.07) is 46.2. The Morgan fingerprint density at radius 3 is 2.00 bits per heavy atom. The minimum atomic E-state index is -0.209. The van der Waals surface area contributed by atoms with Gasteiger partial charge in [-0.3, -0.25) is 0 Å². The summed E-state index contributed by atoms with van der Waals surface area (Å²) in [4.78, 5) is 10.9. The third-order valence-corrected chi connectivity index (χ3v) is 12.8. The maximum Gasteiger partial charge on any atom is 0.162 e. The molecule has 3 nitrogen and oxygen atoms in total. The molecule has 5 heterocycles. The van der Waals surface area contributed by atoms with Crippen molar-refractivity contribution in [3.63, 3.8) is 0 Å². The van der Waals surface area contributed by atoms with E-state index in [2.05, 4.69) is 146 Å². The largest absolute Gasteiger partial charge is 0.306 e. The average Bonchev–Trinajstić information content (AvgIpc) is 3.79. The van der Waals surface area contributed by atoms with Gasteiger partial charge in [0.15, 0.2) is 5.82 Å². The maximum atomic E-state index is 5.54. The second-order valence-corrected chi connectivity index (χ2v) is 15.4. The Hall–Kier alpha value is -5.36. The molecule has 4 aromatic heterocycles. The molecule has 0 amide bonds. The molecular formula is C43H27N3S2. The summed E-state index contributed by atoms with van der Waals surface area (Å²) in [6.45, 7) is 4.73. The van der Waals surface area contributed by atoms with Gasteiger partial charge in [0.1, 0.15) is 0 Å². The number of hydrogen-bond donors (Lipinski definition) is 0. The highest BCUT2D eigenvalue weighted by Crippen LogP contribution is 2.52. The van der Waals surface area contributed by atoms with E-state index in [4.69, 9.17) is 9.97 Å². The Morgan fingerprint density at radius 1 is 0.500 bits per heavy atom. The van der Waals surface area contributed by atoms with E-state index in [-0.39, 0.29) is 5.41 Å². The fourth-order valence-electron chi connectivity index (χ4n) is 8.19. The van der Waals surface area contributed by atoms with E-state index in [1.165, 1.54) is 68.2 Å². The standard InChI is InChI=1S/C43H27N3S2/c1-43(2)31-19-10-17-29-37(31)46(39-27-14-5-8-23-35(27)48-41(29)39)38-30(18-11-20-32(38)43)42-44-33-21-6-3-13-26(33)36(45-42)28-16-9-15-25-24-12-4-7-22-34(24)47-40(25)28/h3-23H,1-2H3. The second kappa shape index (κ2) is 9.38. The monoisotopic (exact) mass is 649 g/mol. The van der Waals surface area contributed by atoms with E-state index in [9.17, 15) is 0 Å². The van der Waals surface area contributed by atoms with Gasteiger partial charge in [0, 0.05) is 57.6 Å². The third-order valence-electron chi connectivity index (χ3n) is 10.4. The van der Waals surface area contributed by atoms with Crippen molar-refractivity contribution in [3.8, 4) is 28.3 Å². The van der Waals surface area contributed by atoms with Crippen LogP contribution in [0.1, 0.15) is 25.0 Å². The molecule has 11 rings (SSSR count). The van der Waals surface area contributed by atoms with Crippen molar-refractivity contribution < 1.29 is 0 Å². The minimum Gasteiger partial charge on any atom is -0.306 e. The van der Waals surface area contributed by atoms with Crippen LogP contribution in [0.5, 0.6) is 0 Å². The molecule has 0 aliphatic carbocycles. The Morgan fingerprint density at radius 2 is 1.12 bits per heavy atom. The molecule has 0 spiro atoms. The van der Waals surface area contributed by atoms with Gasteiger partial charge < -0.3 is 4.57 Å². The normalized spacial score (nSPS) is 13.8. The van der Waals surface area contributed by atoms with Crippen molar-refractivity contribution in [1.29, 1.82) is 0 Å². The predicted octanol–water partition coefficient (Wildman–Crippen LogP) is 12.3. The maximum absolute atomic E-state index is 5.54. The Labute approximate surface area is 284 Å². The highest BCUT2D eigenvalue weighted by atomic mass is 32.1. The summed E-state index contributed by atoms with van der Waals surface area (Å²) in [5.41, 5.74) is 10.3. The number of nitrogens with zero attached hydrogens (tertiary/aromatic N) is 3. The van der Waals surface area contributed by atoms with Crippen LogP contribution in [0, 0.1) is 0 Å². The van der Waals surface area contributed by atoms with Gasteiger partial charge in [-0.1, -0.05) is 117 Å². The molecule has 48 heavy (non-hydrogen) atoms. The molecule has 0 bridgehead atoms. The van der Waals surface area contributed by atoms with Crippen molar-refractivity contribution in [2.45, 2.75) is 19.3 Å². The van der Waals surface area contributed by atoms with Crippen LogP contribution in [-0.2, 0) is 5.41 Å². The molecule has 0 N–H and O–H groups in total. The fraction of sp³-hybridized carbons (Fsp3) is 0.0698. The molecule has 0 saturated carbocycles. The summed E-state index contributed by atoms with van der Waals surface area (Å²) in [7, 11) is 0. The average molecular weight is 650 g/mol. The second-order valence-electron chi connectivity index (χ2n) is 13.3. The number of aromatic nitrogens is 3. The molecule has 10 aromatic rings. The SMILES string of the molecule is CC1(C)c2cccc(-c3nc(-c4cccc5c4sc4ccccc45)c4ccccc4n3)c2-n2c3c1cccc3c1sc3ccccc3c12. The van der Waals surface area contributed by atoms with Crippen molar-refractivity contribution in [1.82, 2.24) is 14.5 Å². The van der Waals surface area contributed by atoms with Gasteiger partial charge in [-0.05, 0) is 35.4 Å². The number of rotatable bonds is 2. The molecule has 0 atom stereocenters. The highest BCUT2D eigenvalue weighted by Gasteiger charge is 2.37. The molecule has 5 heteroatoms. The zero-order chi connectivity index (χ0) is 31.7. The van der Waals surface area contributed by atoms with Gasteiger partial charge in [-0.25, -0.2) is 9.97 Å². The lowest BCUT2D eigenvalue weighted by atomic mass is 9.74. The number of hydrogen-bond acceptors (Lipinski definition) is 4. The predicted molar refractivity (Wildman–Crippen MR) is 205 cm³/mol. The van der Waals surface area contributed by atoms with Gasteiger partial charge in [-0.2, -0.15) is 0 Å². The van der Waals surface area contributed by atoms with Crippen molar-refractivity contribution in [2.24, 2.45) is 0 Å². The van der Waals surface area contributed by atoms with Crippen LogP contribution >= 0.6 is 22.7 Å². The Kier molecular flexibility index (Phi) is 5.21. The first kappa shape index (κ1) is 26.7. The van der Waals surface area contributed by atoms with Crippen LogP contribution < -0.4 is 0 Å². The van der Waals surface area contributed by atoms with Crippen LogP contribution in [0.25, 0.3) is 90.6 Å². The van der Waals surface area contributed by atoms with E-state index in [0.29, 0.717) is 0 Å². The summed E-state index contributed by atoms with van der Waals surface area (Å²) in [6.07, 6.45) is 0. The minimum absolute atomic E-state index is 0.209. The van der Waals surface area contributed by atoms with E-state index < -0.39 is 0 Å². The summed E-state index contributed by atoms with van der Waals surface area (Å²) < 4.78 is 7.74. The first-order chi connectivity index (χ1) is 23.6. The van der Waals surface area contributed by atoms with Crippen LogP contribution in [-0.4, -0.2) is 14.5 Å². The zero-order valence-electron chi connectivity index (χ0n) is 26.3. The summed E-state index contributed by atoms with van der Waals surface area (Å²) >= 11 is 3.74. The first-order valence-corrected chi connectivity index (χ1v) is 18.0. The molecule has 1 aliphatic heterocycles. The first-order valence-electron chi connectivity index (χ1n) is 16.3. The van der Waals surface area contributed by atoms with Crippen molar-refractivity contribution in [2.75, 3.05) is 0 Å². The lowest BCUT2D eigenvalue weighted by Crippen LogP contribution is -2.26. The Bertz CT molecular complexity index is 2990. The highest BCUT2D eigenvalue weighted by molar-refractivity contribution is 7.27. The smallest absolute Gasteiger partial charge is 0.162 e. The molecule has 226 valence electrons. The number of para-hydroxylation sites is 3. The van der Waals surface area contributed by atoms with Crippen LogP contribution in [0.3, 0.4) is 0 Å². The number of thiophene rings is 2. The fourth-order valence-corrected chi connectivity index (χ4v) is 10.6. The Balaban J connectivity index is 1.27. The quantitative estimate of drug-likeness (QED) is 0.187. The summed E-state index contributed by atoms with van der Waals surface area (Å²) in [5.74, 6) is 0.753. The van der Waals surface area contributed by atoms with Crippen molar-refractivity contribution >= 4 is 85.0 Å². The molecular weight excluding hydrogens is 623 g/mol. The lowest BCUT2D eigenvalue weighted by Gasteiger charge is -2.35. The van der Waals surface area contributed by atoms with Crippen LogP contribution in [0.15, 0.2) is 127 Å². The van der Waals surface area contributed by atoms with Crippen molar-refractivity contribution in [3.05, 3.63) is 139 Å². The third kappa shape index (κ3) is 3.37. The molecule has 1 aliphatic rings. The number of benzene rings is 6. The molecule has 0 unspecified atom stereocenters. The van der Waals surface area contributed by atoms with Gasteiger partial charge in [0.2, 0.25) is 0 Å². The summed E-state index contributed by atoms with van der Waals surface area (Å²) in [5, 5.41) is 6.23. The number of fused-ring (bicyclic) bond motifs is 11. The van der Waals surface area contributed by atoms with Crippen LogP contribution in [0.2, 0.25) is 0 Å².